The van der Waals surface area contributed by atoms with Gasteiger partial charge in [-0.15, -0.1) is 11.3 Å². The summed E-state index contributed by atoms with van der Waals surface area (Å²) >= 11 is 1.96. The molecule has 1 unspecified atom stereocenters. The molecule has 0 amide bonds. The average Bonchev–Trinajstić information content (AvgIpc) is 2.68. The molecule has 0 fully saturated rings. The van der Waals surface area contributed by atoms with E-state index in [9.17, 15) is 0 Å². The van der Waals surface area contributed by atoms with E-state index in [2.05, 4.69) is 33.0 Å². The molecule has 1 aromatic heterocycles. The van der Waals surface area contributed by atoms with Crippen LogP contribution in [0.4, 0.5) is 0 Å². The van der Waals surface area contributed by atoms with Crippen molar-refractivity contribution in [1.82, 2.24) is 10.3 Å². The van der Waals surface area contributed by atoms with Gasteiger partial charge in [-0.25, -0.2) is 4.98 Å². The number of nitrogens with one attached hydrogen (secondary N) is 1. The number of thiazole rings is 1. The monoisotopic (exact) mass is 266 g/mol. The van der Waals surface area contributed by atoms with E-state index in [4.69, 9.17) is 4.98 Å². The van der Waals surface area contributed by atoms with E-state index in [0.717, 1.165) is 13.0 Å². The molecule has 3 heteroatoms. The molecular formula is C15H26N2S. The van der Waals surface area contributed by atoms with Crippen molar-refractivity contribution in [3.8, 4) is 0 Å². The van der Waals surface area contributed by atoms with Gasteiger partial charge in [-0.3, -0.25) is 0 Å². The Kier molecular flexibility index (Phi) is 4.44. The van der Waals surface area contributed by atoms with E-state index in [1.165, 1.54) is 36.4 Å². The number of aryl methyl sites for hydroxylation is 2. The molecule has 2 nitrogen and oxygen atoms in total. The summed E-state index contributed by atoms with van der Waals surface area (Å²) in [4.78, 5) is 6.46. The van der Waals surface area contributed by atoms with Crippen LogP contribution in [0.5, 0.6) is 0 Å². The van der Waals surface area contributed by atoms with Crippen LogP contribution in [0.25, 0.3) is 0 Å². The lowest BCUT2D eigenvalue weighted by atomic mass is 9.90. The minimum atomic E-state index is 0.208. The maximum Gasteiger partial charge on any atom is 0.0931 e. The van der Waals surface area contributed by atoms with Gasteiger partial charge in [0.25, 0.3) is 0 Å². The third-order valence-electron chi connectivity index (χ3n) is 3.46. The minimum absolute atomic E-state index is 0.208. The summed E-state index contributed by atoms with van der Waals surface area (Å²) in [6, 6.07) is 0. The molecule has 1 aromatic rings. The van der Waals surface area contributed by atoms with Crippen LogP contribution in [0.3, 0.4) is 0 Å². The number of aromatic nitrogens is 1. The number of hydrogen-bond donors (Lipinski definition) is 1. The molecule has 102 valence electrons. The van der Waals surface area contributed by atoms with Gasteiger partial charge in [-0.2, -0.15) is 0 Å². The van der Waals surface area contributed by atoms with Crippen molar-refractivity contribution >= 4 is 11.3 Å². The maximum absolute atomic E-state index is 4.90. The van der Waals surface area contributed by atoms with E-state index in [-0.39, 0.29) is 5.54 Å². The molecular weight excluding hydrogens is 240 g/mol. The highest BCUT2D eigenvalue weighted by Crippen LogP contribution is 2.35. The number of rotatable bonds is 4. The lowest BCUT2D eigenvalue weighted by molar-refractivity contribution is 0.388. The summed E-state index contributed by atoms with van der Waals surface area (Å²) in [7, 11) is 0. The molecule has 0 saturated carbocycles. The zero-order valence-electron chi connectivity index (χ0n) is 12.2. The second kappa shape index (κ2) is 5.70. The minimum Gasteiger partial charge on any atom is -0.311 e. The molecule has 0 saturated heterocycles. The van der Waals surface area contributed by atoms with Gasteiger partial charge in [0.15, 0.2) is 0 Å². The third kappa shape index (κ3) is 3.55. The summed E-state index contributed by atoms with van der Waals surface area (Å²) in [6.45, 7) is 10.0. The van der Waals surface area contributed by atoms with Crippen molar-refractivity contribution in [3.63, 3.8) is 0 Å². The molecule has 18 heavy (non-hydrogen) atoms. The van der Waals surface area contributed by atoms with Gasteiger partial charge < -0.3 is 5.32 Å². The summed E-state index contributed by atoms with van der Waals surface area (Å²) in [6.07, 6.45) is 6.24. The molecule has 0 spiro atoms. The van der Waals surface area contributed by atoms with Crippen LogP contribution in [0.15, 0.2) is 0 Å². The molecule has 0 aliphatic heterocycles. The highest BCUT2D eigenvalue weighted by molar-refractivity contribution is 7.11. The molecule has 0 radical (unpaired) electrons. The first-order chi connectivity index (χ1) is 8.49. The molecule has 1 aliphatic carbocycles. The normalized spacial score (nSPS) is 19.9. The van der Waals surface area contributed by atoms with Gasteiger partial charge in [0.2, 0.25) is 0 Å². The third-order valence-corrected chi connectivity index (χ3v) is 4.65. The second-order valence-corrected chi connectivity index (χ2v) is 7.55. The lowest BCUT2D eigenvalue weighted by Crippen LogP contribution is -2.39. The molecule has 2 rings (SSSR count). The van der Waals surface area contributed by atoms with Crippen LogP contribution in [-0.2, 0) is 12.8 Å². The van der Waals surface area contributed by atoms with Crippen LogP contribution in [0, 0.1) is 0 Å². The topological polar surface area (TPSA) is 24.9 Å². The molecule has 1 N–H and O–H groups in total. The zero-order valence-corrected chi connectivity index (χ0v) is 13.0. The van der Waals surface area contributed by atoms with Crippen molar-refractivity contribution in [1.29, 1.82) is 0 Å². The van der Waals surface area contributed by atoms with E-state index in [0.29, 0.717) is 5.92 Å². The first-order valence-electron chi connectivity index (χ1n) is 7.23. The summed E-state index contributed by atoms with van der Waals surface area (Å²) in [5.74, 6) is 0.634. The Bertz CT molecular complexity index is 390. The van der Waals surface area contributed by atoms with Crippen molar-refractivity contribution < 1.29 is 0 Å². The Balaban J connectivity index is 2.07. The summed E-state index contributed by atoms with van der Waals surface area (Å²) in [5, 5.41) is 4.99. The predicted molar refractivity (Wildman–Crippen MR) is 79.5 cm³/mol. The number of nitrogens with zero attached hydrogens (tertiary/aromatic N) is 1. The van der Waals surface area contributed by atoms with Gasteiger partial charge in [0, 0.05) is 22.9 Å². The fraction of sp³-hybridized carbons (Fsp3) is 0.800. The first-order valence-corrected chi connectivity index (χ1v) is 8.04. The first kappa shape index (κ1) is 14.0. The number of fused-ring (bicyclic) bond motifs is 1. The Morgan fingerprint density at radius 1 is 1.39 bits per heavy atom. The SMILES string of the molecule is CCCc1nc2c(s1)CCCC2CNC(C)(C)C. The standard InChI is InChI=1S/C15H26N2S/c1-5-7-13-17-14-11(10-16-15(2,3)4)8-6-9-12(14)18-13/h11,16H,5-10H2,1-4H3. The van der Waals surface area contributed by atoms with Crippen LogP contribution in [0.1, 0.15) is 68.5 Å². The highest BCUT2D eigenvalue weighted by atomic mass is 32.1. The second-order valence-electron chi connectivity index (χ2n) is 6.39. The Labute approximate surface area is 115 Å². The molecule has 1 heterocycles. The van der Waals surface area contributed by atoms with Crippen molar-refractivity contribution in [2.24, 2.45) is 0 Å². The largest absolute Gasteiger partial charge is 0.311 e. The maximum atomic E-state index is 4.90. The van der Waals surface area contributed by atoms with Crippen LogP contribution < -0.4 is 5.32 Å². The van der Waals surface area contributed by atoms with E-state index in [1.807, 2.05) is 11.3 Å². The van der Waals surface area contributed by atoms with Crippen molar-refractivity contribution in [2.45, 2.75) is 71.3 Å². The van der Waals surface area contributed by atoms with Gasteiger partial charge in [-0.05, 0) is 52.9 Å². The van der Waals surface area contributed by atoms with Gasteiger partial charge >= 0.3 is 0 Å². The zero-order chi connectivity index (χ0) is 13.2. The lowest BCUT2D eigenvalue weighted by Gasteiger charge is -2.27. The molecule has 0 bridgehead atoms. The van der Waals surface area contributed by atoms with Crippen molar-refractivity contribution in [2.75, 3.05) is 6.54 Å². The number of hydrogen-bond acceptors (Lipinski definition) is 3. The van der Waals surface area contributed by atoms with Gasteiger partial charge in [0.1, 0.15) is 0 Å². The predicted octanol–water partition coefficient (Wildman–Crippen LogP) is 3.90. The molecule has 1 atom stereocenters. The quantitative estimate of drug-likeness (QED) is 0.894. The molecule has 1 aliphatic rings. The Morgan fingerprint density at radius 3 is 2.83 bits per heavy atom. The van der Waals surface area contributed by atoms with Crippen LogP contribution >= 0.6 is 11.3 Å². The van der Waals surface area contributed by atoms with Gasteiger partial charge in [-0.1, -0.05) is 6.92 Å². The average molecular weight is 266 g/mol. The van der Waals surface area contributed by atoms with E-state index < -0.39 is 0 Å². The molecule has 0 aromatic carbocycles. The van der Waals surface area contributed by atoms with Crippen LogP contribution in [0.2, 0.25) is 0 Å². The van der Waals surface area contributed by atoms with Crippen molar-refractivity contribution in [3.05, 3.63) is 15.6 Å². The highest BCUT2D eigenvalue weighted by Gasteiger charge is 2.25. The fourth-order valence-electron chi connectivity index (χ4n) is 2.51. The smallest absolute Gasteiger partial charge is 0.0931 e. The van der Waals surface area contributed by atoms with E-state index in [1.54, 1.807) is 4.88 Å². The fourth-order valence-corrected chi connectivity index (χ4v) is 3.80. The summed E-state index contributed by atoms with van der Waals surface area (Å²) < 4.78 is 0. The Hall–Kier alpha value is -0.410. The van der Waals surface area contributed by atoms with E-state index >= 15 is 0 Å². The van der Waals surface area contributed by atoms with Gasteiger partial charge in [0.05, 0.1) is 10.7 Å². The summed E-state index contributed by atoms with van der Waals surface area (Å²) in [5.41, 5.74) is 1.62. The Morgan fingerprint density at radius 2 is 2.17 bits per heavy atom. The van der Waals surface area contributed by atoms with Crippen LogP contribution in [-0.4, -0.2) is 17.1 Å².